The lowest BCUT2D eigenvalue weighted by Gasteiger charge is -2.28. The van der Waals surface area contributed by atoms with E-state index in [1.807, 2.05) is 12.1 Å². The Bertz CT molecular complexity index is 425. The lowest BCUT2D eigenvalue weighted by molar-refractivity contribution is -0.909. The Morgan fingerprint density at radius 2 is 2.00 bits per heavy atom. The second-order valence-electron chi connectivity index (χ2n) is 6.30. The van der Waals surface area contributed by atoms with E-state index in [2.05, 4.69) is 26.8 Å². The standard InChI is InChI=1S/C17H27NO2/c1-13-7-9-18(10-8-13)11-16(19)12-20-17-6-4-5-14(2)15(17)3/h4-6,13,16,19H,7-12H2,1-3H3/p+1/t16-/m1/s1. The topological polar surface area (TPSA) is 33.9 Å². The number of hydrogen-bond acceptors (Lipinski definition) is 2. The van der Waals surface area contributed by atoms with Gasteiger partial charge >= 0.3 is 0 Å². The number of nitrogens with one attached hydrogen (secondary N) is 1. The molecule has 1 aliphatic rings. The summed E-state index contributed by atoms with van der Waals surface area (Å²) in [4.78, 5) is 1.51. The molecule has 0 aliphatic carbocycles. The molecule has 0 bridgehead atoms. The van der Waals surface area contributed by atoms with Crippen LogP contribution in [0.3, 0.4) is 0 Å². The fourth-order valence-electron chi connectivity index (χ4n) is 2.83. The van der Waals surface area contributed by atoms with E-state index < -0.39 is 0 Å². The number of aryl methyl sites for hydroxylation is 1. The van der Waals surface area contributed by atoms with Crippen molar-refractivity contribution in [3.63, 3.8) is 0 Å². The van der Waals surface area contributed by atoms with Gasteiger partial charge in [0.2, 0.25) is 0 Å². The molecular weight excluding hydrogens is 250 g/mol. The maximum absolute atomic E-state index is 10.1. The van der Waals surface area contributed by atoms with Crippen molar-refractivity contribution in [2.24, 2.45) is 5.92 Å². The normalized spacial score (nSPS) is 24.4. The molecule has 0 spiro atoms. The molecule has 0 amide bonds. The Labute approximate surface area is 122 Å². The molecule has 0 saturated carbocycles. The predicted molar refractivity (Wildman–Crippen MR) is 81.4 cm³/mol. The van der Waals surface area contributed by atoms with Gasteiger partial charge in [0.25, 0.3) is 0 Å². The lowest BCUT2D eigenvalue weighted by atomic mass is 9.99. The Morgan fingerprint density at radius 1 is 1.30 bits per heavy atom. The summed E-state index contributed by atoms with van der Waals surface area (Å²) in [6, 6.07) is 6.06. The molecule has 1 aromatic carbocycles. The first kappa shape index (κ1) is 15.3. The zero-order chi connectivity index (χ0) is 14.5. The van der Waals surface area contributed by atoms with Gasteiger partial charge in [-0.2, -0.15) is 0 Å². The highest BCUT2D eigenvalue weighted by Crippen LogP contribution is 2.20. The smallest absolute Gasteiger partial charge is 0.137 e. The predicted octanol–water partition coefficient (Wildman–Crippen LogP) is 1.36. The number of piperidine rings is 1. The number of aliphatic hydroxyl groups is 1. The monoisotopic (exact) mass is 278 g/mol. The summed E-state index contributed by atoms with van der Waals surface area (Å²) in [5, 5.41) is 10.1. The minimum absolute atomic E-state index is 0.377. The summed E-state index contributed by atoms with van der Waals surface area (Å²) in [7, 11) is 0. The summed E-state index contributed by atoms with van der Waals surface area (Å²) >= 11 is 0. The van der Waals surface area contributed by atoms with Crippen LogP contribution in [-0.4, -0.2) is 37.5 Å². The van der Waals surface area contributed by atoms with Crippen molar-refractivity contribution in [1.29, 1.82) is 0 Å². The fraction of sp³-hybridized carbons (Fsp3) is 0.647. The molecule has 2 rings (SSSR count). The molecule has 2 N–H and O–H groups in total. The summed E-state index contributed by atoms with van der Waals surface area (Å²) in [6.07, 6.45) is 2.18. The van der Waals surface area contributed by atoms with E-state index in [-0.39, 0.29) is 6.10 Å². The average molecular weight is 278 g/mol. The Morgan fingerprint density at radius 3 is 2.70 bits per heavy atom. The van der Waals surface area contributed by atoms with Crippen LogP contribution in [0.25, 0.3) is 0 Å². The molecule has 1 saturated heterocycles. The Balaban J connectivity index is 1.77. The van der Waals surface area contributed by atoms with Crippen LogP contribution >= 0.6 is 0 Å². The molecule has 0 unspecified atom stereocenters. The SMILES string of the molecule is Cc1cccc(OC[C@H](O)C[NH+]2CCC(C)CC2)c1C. The zero-order valence-corrected chi connectivity index (χ0v) is 13.0. The molecule has 20 heavy (non-hydrogen) atoms. The lowest BCUT2D eigenvalue weighted by Crippen LogP contribution is -3.14. The summed E-state index contributed by atoms with van der Waals surface area (Å²) in [6.45, 7) is 10.0. The first-order valence-corrected chi connectivity index (χ1v) is 7.77. The number of likely N-dealkylation sites (tertiary alicyclic amines) is 1. The third-order valence-electron chi connectivity index (χ3n) is 4.49. The van der Waals surface area contributed by atoms with Crippen LogP contribution in [0.4, 0.5) is 0 Å². The van der Waals surface area contributed by atoms with Crippen LogP contribution < -0.4 is 9.64 Å². The molecule has 0 aromatic heterocycles. The highest BCUT2D eigenvalue weighted by atomic mass is 16.5. The van der Waals surface area contributed by atoms with Gasteiger partial charge in [0, 0.05) is 0 Å². The van der Waals surface area contributed by atoms with Gasteiger partial charge < -0.3 is 14.7 Å². The number of aliphatic hydroxyl groups excluding tert-OH is 1. The molecule has 3 heteroatoms. The van der Waals surface area contributed by atoms with E-state index in [9.17, 15) is 5.11 Å². The molecule has 1 heterocycles. The molecule has 1 fully saturated rings. The average Bonchev–Trinajstić information content (AvgIpc) is 2.43. The van der Waals surface area contributed by atoms with E-state index in [4.69, 9.17) is 4.74 Å². The molecule has 0 radical (unpaired) electrons. The van der Waals surface area contributed by atoms with E-state index in [1.165, 1.54) is 42.0 Å². The zero-order valence-electron chi connectivity index (χ0n) is 13.0. The fourth-order valence-corrected chi connectivity index (χ4v) is 2.83. The van der Waals surface area contributed by atoms with Crippen molar-refractivity contribution in [3.05, 3.63) is 29.3 Å². The minimum Gasteiger partial charge on any atom is -0.490 e. The Hall–Kier alpha value is -1.06. The summed E-state index contributed by atoms with van der Waals surface area (Å²) in [5.41, 5.74) is 2.39. The number of ether oxygens (including phenoxy) is 1. The van der Waals surface area contributed by atoms with E-state index in [0.717, 1.165) is 18.2 Å². The molecule has 1 atom stereocenters. The van der Waals surface area contributed by atoms with Crippen LogP contribution in [0, 0.1) is 19.8 Å². The van der Waals surface area contributed by atoms with Gasteiger partial charge in [-0.05, 0) is 49.8 Å². The van der Waals surface area contributed by atoms with Crippen molar-refractivity contribution < 1.29 is 14.7 Å². The van der Waals surface area contributed by atoms with Gasteiger partial charge in [0.15, 0.2) is 0 Å². The van der Waals surface area contributed by atoms with Crippen molar-refractivity contribution >= 4 is 0 Å². The number of rotatable bonds is 5. The second kappa shape index (κ2) is 7.09. The number of benzene rings is 1. The molecular formula is C17H28NO2+. The first-order chi connectivity index (χ1) is 9.56. The van der Waals surface area contributed by atoms with Gasteiger partial charge in [0.1, 0.15) is 25.0 Å². The van der Waals surface area contributed by atoms with Crippen LogP contribution in [-0.2, 0) is 0 Å². The van der Waals surface area contributed by atoms with Crippen molar-refractivity contribution in [2.75, 3.05) is 26.2 Å². The van der Waals surface area contributed by atoms with Gasteiger partial charge in [-0.3, -0.25) is 0 Å². The van der Waals surface area contributed by atoms with Crippen molar-refractivity contribution in [1.82, 2.24) is 0 Å². The third kappa shape index (κ3) is 4.22. The van der Waals surface area contributed by atoms with E-state index in [1.54, 1.807) is 0 Å². The number of quaternary nitrogens is 1. The van der Waals surface area contributed by atoms with Crippen molar-refractivity contribution in [2.45, 2.75) is 39.7 Å². The van der Waals surface area contributed by atoms with Crippen molar-refractivity contribution in [3.8, 4) is 5.75 Å². The van der Waals surface area contributed by atoms with Gasteiger partial charge in [-0.25, -0.2) is 0 Å². The maximum Gasteiger partial charge on any atom is 0.137 e. The quantitative estimate of drug-likeness (QED) is 0.853. The largest absolute Gasteiger partial charge is 0.490 e. The summed E-state index contributed by atoms with van der Waals surface area (Å²) in [5.74, 6) is 1.74. The van der Waals surface area contributed by atoms with Gasteiger partial charge in [-0.15, -0.1) is 0 Å². The van der Waals surface area contributed by atoms with Crippen LogP contribution in [0.1, 0.15) is 30.9 Å². The van der Waals surface area contributed by atoms with E-state index >= 15 is 0 Å². The van der Waals surface area contributed by atoms with E-state index in [0.29, 0.717) is 6.61 Å². The second-order valence-corrected chi connectivity index (χ2v) is 6.30. The van der Waals surface area contributed by atoms with Crippen LogP contribution in [0.2, 0.25) is 0 Å². The highest BCUT2D eigenvalue weighted by molar-refractivity contribution is 5.38. The van der Waals surface area contributed by atoms with Gasteiger partial charge in [-0.1, -0.05) is 19.1 Å². The van der Waals surface area contributed by atoms with Gasteiger partial charge in [0.05, 0.1) is 13.1 Å². The van der Waals surface area contributed by atoms with Crippen LogP contribution in [0.15, 0.2) is 18.2 Å². The third-order valence-corrected chi connectivity index (χ3v) is 4.49. The Kier molecular flexibility index (Phi) is 5.44. The van der Waals surface area contributed by atoms with Crippen LogP contribution in [0.5, 0.6) is 5.75 Å². The number of hydrogen-bond donors (Lipinski definition) is 2. The first-order valence-electron chi connectivity index (χ1n) is 7.77. The molecule has 1 aliphatic heterocycles. The molecule has 1 aromatic rings. The molecule has 112 valence electrons. The maximum atomic E-state index is 10.1. The highest BCUT2D eigenvalue weighted by Gasteiger charge is 2.21. The summed E-state index contributed by atoms with van der Waals surface area (Å²) < 4.78 is 5.78. The minimum atomic E-state index is -0.377. The molecule has 3 nitrogen and oxygen atoms in total.